The molecule has 0 aliphatic heterocycles. The van der Waals surface area contributed by atoms with Crippen LogP contribution >= 0.6 is 0 Å². The summed E-state index contributed by atoms with van der Waals surface area (Å²) in [6.45, 7) is 4.56. The van der Waals surface area contributed by atoms with Crippen LogP contribution in [0, 0.1) is 5.82 Å². The lowest BCUT2D eigenvalue weighted by molar-refractivity contribution is 0.435. The number of benzene rings is 1. The highest BCUT2D eigenvalue weighted by Crippen LogP contribution is 2.25. The lowest BCUT2D eigenvalue weighted by Crippen LogP contribution is -2.16. The van der Waals surface area contributed by atoms with Crippen molar-refractivity contribution in [3.8, 4) is 0 Å². The van der Waals surface area contributed by atoms with Gasteiger partial charge >= 0.3 is 6.01 Å². The van der Waals surface area contributed by atoms with Gasteiger partial charge in [0, 0.05) is 12.2 Å². The third-order valence-electron chi connectivity index (χ3n) is 2.92. The number of nitrogens with one attached hydrogen (secondary N) is 1. The summed E-state index contributed by atoms with van der Waals surface area (Å²) < 4.78 is 18.6. The number of aromatic nitrogens is 2. The molecule has 0 amide bonds. The number of rotatable bonds is 5. The molecule has 1 aromatic heterocycles. The predicted octanol–water partition coefficient (Wildman–Crippen LogP) is 2.65. The lowest BCUT2D eigenvalue weighted by Gasteiger charge is -2.17. The van der Waals surface area contributed by atoms with Crippen molar-refractivity contribution in [2.75, 3.05) is 18.5 Å². The Kier molecular flexibility index (Phi) is 4.11. The second-order valence-corrected chi connectivity index (χ2v) is 4.15. The minimum Gasteiger partial charge on any atom is -0.406 e. The van der Waals surface area contributed by atoms with Gasteiger partial charge in [-0.3, -0.25) is 4.90 Å². The molecular weight excluding hydrogens is 247 g/mol. The number of anilines is 2. The summed E-state index contributed by atoms with van der Waals surface area (Å²) in [5.41, 5.74) is 0.816. The largest absolute Gasteiger partial charge is 0.406 e. The maximum absolute atomic E-state index is 12.9. The van der Waals surface area contributed by atoms with Gasteiger partial charge < -0.3 is 9.73 Å². The van der Waals surface area contributed by atoms with Gasteiger partial charge in [0.2, 0.25) is 5.89 Å². The van der Waals surface area contributed by atoms with Crippen molar-refractivity contribution >= 4 is 11.7 Å². The molecule has 0 saturated carbocycles. The van der Waals surface area contributed by atoms with Gasteiger partial charge in [0.25, 0.3) is 0 Å². The van der Waals surface area contributed by atoms with E-state index in [0.29, 0.717) is 18.5 Å². The van der Waals surface area contributed by atoms with Crippen molar-refractivity contribution in [1.29, 1.82) is 0 Å². The van der Waals surface area contributed by atoms with Gasteiger partial charge in [-0.15, -0.1) is 5.10 Å². The van der Waals surface area contributed by atoms with Crippen LogP contribution in [0.4, 0.5) is 16.1 Å². The molecule has 1 heterocycles. The van der Waals surface area contributed by atoms with E-state index in [1.165, 1.54) is 12.1 Å². The standard InChI is InChI=1S/C13H17FN4O/c1-4-18(11-7-5-10(14)6-8-11)13-17-16-12(19-13)9(2)15-3/h5-9,15H,4H2,1-3H3. The number of nitrogens with zero attached hydrogens (tertiary/aromatic N) is 3. The summed E-state index contributed by atoms with van der Waals surface area (Å²) in [5.74, 6) is 0.257. The van der Waals surface area contributed by atoms with E-state index in [1.54, 1.807) is 12.1 Å². The Morgan fingerprint density at radius 3 is 2.58 bits per heavy atom. The highest BCUT2D eigenvalue weighted by molar-refractivity contribution is 5.55. The lowest BCUT2D eigenvalue weighted by atomic mass is 10.3. The molecule has 1 N–H and O–H groups in total. The Bertz CT molecular complexity index is 526. The van der Waals surface area contributed by atoms with Gasteiger partial charge in [0.05, 0.1) is 6.04 Å². The average Bonchev–Trinajstić information content (AvgIpc) is 2.90. The van der Waals surface area contributed by atoms with Crippen LogP contribution in [0.25, 0.3) is 0 Å². The third kappa shape index (κ3) is 2.90. The molecule has 2 aromatic rings. The Morgan fingerprint density at radius 1 is 1.32 bits per heavy atom. The molecule has 0 aliphatic carbocycles. The maximum Gasteiger partial charge on any atom is 0.322 e. The van der Waals surface area contributed by atoms with E-state index in [-0.39, 0.29) is 11.9 Å². The monoisotopic (exact) mass is 264 g/mol. The van der Waals surface area contributed by atoms with Crippen LogP contribution < -0.4 is 10.2 Å². The summed E-state index contributed by atoms with van der Waals surface area (Å²) in [5, 5.41) is 11.1. The van der Waals surface area contributed by atoms with Crippen molar-refractivity contribution in [2.45, 2.75) is 19.9 Å². The van der Waals surface area contributed by atoms with E-state index < -0.39 is 0 Å². The van der Waals surface area contributed by atoms with Crippen molar-refractivity contribution < 1.29 is 8.81 Å². The van der Waals surface area contributed by atoms with E-state index >= 15 is 0 Å². The summed E-state index contributed by atoms with van der Waals surface area (Å²) in [4.78, 5) is 1.83. The molecule has 102 valence electrons. The molecule has 2 rings (SSSR count). The molecule has 0 bridgehead atoms. The molecule has 19 heavy (non-hydrogen) atoms. The highest BCUT2D eigenvalue weighted by Gasteiger charge is 2.17. The molecule has 0 aliphatic rings. The first-order valence-corrected chi connectivity index (χ1v) is 6.19. The van der Waals surface area contributed by atoms with Crippen molar-refractivity contribution in [3.05, 3.63) is 36.0 Å². The summed E-state index contributed by atoms with van der Waals surface area (Å²) >= 11 is 0. The van der Waals surface area contributed by atoms with Gasteiger partial charge in [-0.1, -0.05) is 5.10 Å². The van der Waals surface area contributed by atoms with Crippen LogP contribution in [0.15, 0.2) is 28.7 Å². The number of hydrogen-bond donors (Lipinski definition) is 1. The van der Waals surface area contributed by atoms with Crippen LogP contribution in [0.5, 0.6) is 0 Å². The van der Waals surface area contributed by atoms with E-state index in [2.05, 4.69) is 15.5 Å². The molecule has 5 nitrogen and oxygen atoms in total. The zero-order valence-corrected chi connectivity index (χ0v) is 11.2. The molecule has 6 heteroatoms. The zero-order valence-electron chi connectivity index (χ0n) is 11.2. The van der Waals surface area contributed by atoms with Crippen molar-refractivity contribution in [2.24, 2.45) is 0 Å². The first-order valence-electron chi connectivity index (χ1n) is 6.19. The summed E-state index contributed by atoms with van der Waals surface area (Å²) in [6.07, 6.45) is 0. The number of hydrogen-bond acceptors (Lipinski definition) is 5. The third-order valence-corrected chi connectivity index (χ3v) is 2.92. The van der Waals surface area contributed by atoms with Crippen LogP contribution in [0.3, 0.4) is 0 Å². The van der Waals surface area contributed by atoms with Gasteiger partial charge in [-0.25, -0.2) is 4.39 Å². The predicted molar refractivity (Wildman–Crippen MR) is 70.9 cm³/mol. The quantitative estimate of drug-likeness (QED) is 0.899. The Balaban J connectivity index is 2.26. The fourth-order valence-corrected chi connectivity index (χ4v) is 1.68. The van der Waals surface area contributed by atoms with Gasteiger partial charge in [-0.2, -0.15) is 0 Å². The van der Waals surface area contributed by atoms with E-state index in [9.17, 15) is 4.39 Å². The van der Waals surface area contributed by atoms with Gasteiger partial charge in [0.1, 0.15) is 5.82 Å². The zero-order chi connectivity index (χ0) is 13.8. The van der Waals surface area contributed by atoms with Gasteiger partial charge in [0.15, 0.2) is 0 Å². The van der Waals surface area contributed by atoms with E-state index in [4.69, 9.17) is 4.42 Å². The number of halogens is 1. The Hall–Kier alpha value is -1.95. The summed E-state index contributed by atoms with van der Waals surface area (Å²) in [7, 11) is 1.83. The van der Waals surface area contributed by atoms with E-state index in [0.717, 1.165) is 5.69 Å². The average molecular weight is 264 g/mol. The first-order chi connectivity index (χ1) is 9.15. The molecule has 0 saturated heterocycles. The fourth-order valence-electron chi connectivity index (χ4n) is 1.68. The molecule has 0 radical (unpaired) electrons. The van der Waals surface area contributed by atoms with Crippen LogP contribution in [-0.2, 0) is 0 Å². The molecule has 1 unspecified atom stereocenters. The minimum absolute atomic E-state index is 0.00632. The SMILES string of the molecule is CCN(c1ccc(F)cc1)c1nnc(C(C)NC)o1. The molecule has 1 aromatic carbocycles. The topological polar surface area (TPSA) is 54.2 Å². The maximum atomic E-state index is 12.9. The van der Waals surface area contributed by atoms with Crippen LogP contribution in [0.2, 0.25) is 0 Å². The second-order valence-electron chi connectivity index (χ2n) is 4.15. The normalized spacial score (nSPS) is 12.4. The van der Waals surface area contributed by atoms with Gasteiger partial charge in [-0.05, 0) is 45.2 Å². The smallest absolute Gasteiger partial charge is 0.322 e. The molecular formula is C13H17FN4O. The highest BCUT2D eigenvalue weighted by atomic mass is 19.1. The van der Waals surface area contributed by atoms with Crippen LogP contribution in [-0.4, -0.2) is 23.8 Å². The Labute approximate surface area is 111 Å². The van der Waals surface area contributed by atoms with Crippen LogP contribution in [0.1, 0.15) is 25.8 Å². The Morgan fingerprint density at radius 2 is 2.00 bits per heavy atom. The van der Waals surface area contributed by atoms with Crippen molar-refractivity contribution in [3.63, 3.8) is 0 Å². The first kappa shape index (κ1) is 13.5. The molecule has 0 fully saturated rings. The fraction of sp³-hybridized carbons (Fsp3) is 0.385. The summed E-state index contributed by atoms with van der Waals surface area (Å²) in [6, 6.07) is 6.59. The van der Waals surface area contributed by atoms with Crippen molar-refractivity contribution in [1.82, 2.24) is 15.5 Å². The van der Waals surface area contributed by atoms with E-state index in [1.807, 2.05) is 25.8 Å². The minimum atomic E-state index is -0.269. The second kappa shape index (κ2) is 5.79. The molecule has 0 spiro atoms. The molecule has 1 atom stereocenters.